The van der Waals surface area contributed by atoms with Gasteiger partial charge in [-0.05, 0) is 30.3 Å². The molecular formula is C15H10ClNO4S. The molecule has 0 bridgehead atoms. The summed E-state index contributed by atoms with van der Waals surface area (Å²) in [5.41, 5.74) is -0.124. The molecule has 0 spiro atoms. The Morgan fingerprint density at radius 3 is 2.36 bits per heavy atom. The summed E-state index contributed by atoms with van der Waals surface area (Å²) in [7, 11) is -4.04. The molecule has 5 nitrogen and oxygen atoms in total. The van der Waals surface area contributed by atoms with E-state index >= 15 is 0 Å². The van der Waals surface area contributed by atoms with Crippen molar-refractivity contribution in [3.63, 3.8) is 0 Å². The molecule has 0 radical (unpaired) electrons. The van der Waals surface area contributed by atoms with Gasteiger partial charge in [-0.1, -0.05) is 35.9 Å². The van der Waals surface area contributed by atoms with Crippen LogP contribution in [0.3, 0.4) is 0 Å². The highest BCUT2D eigenvalue weighted by Crippen LogP contribution is 2.30. The first-order valence-electron chi connectivity index (χ1n) is 6.27. The Labute approximate surface area is 131 Å². The smallest absolute Gasteiger partial charge is 0.353 e. The van der Waals surface area contributed by atoms with E-state index in [2.05, 4.69) is 0 Å². The van der Waals surface area contributed by atoms with Crippen molar-refractivity contribution in [3.05, 3.63) is 65.3 Å². The number of rotatable bonds is 3. The van der Waals surface area contributed by atoms with Gasteiger partial charge >= 0.3 is 5.97 Å². The van der Waals surface area contributed by atoms with Gasteiger partial charge in [-0.25, -0.2) is 17.2 Å². The summed E-state index contributed by atoms with van der Waals surface area (Å²) in [5.74, 6) is -1.34. The molecule has 0 saturated carbocycles. The lowest BCUT2D eigenvalue weighted by atomic mass is 10.2. The normalized spacial score (nSPS) is 11.7. The summed E-state index contributed by atoms with van der Waals surface area (Å²) in [6, 6.07) is 13.6. The molecular weight excluding hydrogens is 326 g/mol. The van der Waals surface area contributed by atoms with Crippen molar-refractivity contribution in [2.45, 2.75) is 4.90 Å². The minimum absolute atomic E-state index is 0.00924. The topological polar surface area (TPSA) is 76.4 Å². The van der Waals surface area contributed by atoms with Crippen LogP contribution in [0.4, 0.5) is 0 Å². The summed E-state index contributed by atoms with van der Waals surface area (Å²) in [5, 5.41) is 10.0. The van der Waals surface area contributed by atoms with Crippen LogP contribution in [-0.2, 0) is 10.0 Å². The lowest BCUT2D eigenvalue weighted by Gasteiger charge is -2.10. The van der Waals surface area contributed by atoms with Crippen LogP contribution in [0.5, 0.6) is 0 Å². The van der Waals surface area contributed by atoms with Crippen LogP contribution in [0.2, 0.25) is 5.02 Å². The number of benzene rings is 2. The van der Waals surface area contributed by atoms with E-state index in [0.29, 0.717) is 10.4 Å². The standard InChI is InChI=1S/C15H10ClNO4S/c16-12-7-4-8-13-11(12)9-14(15(18)19)17(13)22(20,21)10-5-2-1-3-6-10/h1-9H,(H,18,19). The first-order valence-corrected chi connectivity index (χ1v) is 8.08. The largest absolute Gasteiger partial charge is 0.477 e. The molecule has 1 N–H and O–H groups in total. The summed E-state index contributed by atoms with van der Waals surface area (Å²) >= 11 is 6.04. The van der Waals surface area contributed by atoms with Crippen LogP contribution >= 0.6 is 11.6 Å². The van der Waals surface area contributed by atoms with Crippen LogP contribution in [-0.4, -0.2) is 23.5 Å². The molecule has 0 aliphatic rings. The predicted molar refractivity (Wildman–Crippen MR) is 82.9 cm³/mol. The molecule has 7 heteroatoms. The third-order valence-corrected chi connectivity index (χ3v) is 5.32. The Balaban J connectivity index is 2.42. The predicted octanol–water partition coefficient (Wildman–Crippen LogP) is 3.23. The monoisotopic (exact) mass is 335 g/mol. The number of carbonyl (C=O) groups is 1. The van der Waals surface area contributed by atoms with E-state index in [1.54, 1.807) is 30.3 Å². The number of aromatic carboxylic acids is 1. The zero-order valence-electron chi connectivity index (χ0n) is 11.1. The highest BCUT2D eigenvalue weighted by molar-refractivity contribution is 7.90. The quantitative estimate of drug-likeness (QED) is 0.797. The number of nitrogens with zero attached hydrogens (tertiary/aromatic N) is 1. The van der Waals surface area contributed by atoms with Gasteiger partial charge in [-0.15, -0.1) is 0 Å². The molecule has 3 aromatic rings. The van der Waals surface area contributed by atoms with E-state index in [1.807, 2.05) is 0 Å². The van der Waals surface area contributed by atoms with E-state index in [-0.39, 0.29) is 16.1 Å². The van der Waals surface area contributed by atoms with Crippen LogP contribution < -0.4 is 0 Å². The highest BCUT2D eigenvalue weighted by Gasteiger charge is 2.26. The van der Waals surface area contributed by atoms with E-state index < -0.39 is 16.0 Å². The van der Waals surface area contributed by atoms with Crippen molar-refractivity contribution in [2.24, 2.45) is 0 Å². The first kappa shape index (κ1) is 14.6. The SMILES string of the molecule is O=C(O)c1cc2c(Cl)cccc2n1S(=O)(=O)c1ccccc1. The zero-order chi connectivity index (χ0) is 15.9. The third-order valence-electron chi connectivity index (χ3n) is 3.25. The van der Waals surface area contributed by atoms with Gasteiger partial charge in [0.2, 0.25) is 0 Å². The molecule has 3 rings (SSSR count). The molecule has 0 aliphatic carbocycles. The van der Waals surface area contributed by atoms with Crippen molar-refractivity contribution in [1.29, 1.82) is 0 Å². The number of hydrogen-bond donors (Lipinski definition) is 1. The number of carboxylic acids is 1. The van der Waals surface area contributed by atoms with Crippen molar-refractivity contribution >= 4 is 38.5 Å². The Hall–Kier alpha value is -2.31. The third kappa shape index (κ3) is 2.17. The van der Waals surface area contributed by atoms with Gasteiger partial charge in [0.25, 0.3) is 10.0 Å². The summed E-state index contributed by atoms with van der Waals surface area (Å²) in [6.07, 6.45) is 0. The second-order valence-corrected chi connectivity index (χ2v) is 6.78. The number of aromatic nitrogens is 1. The average Bonchev–Trinajstić information content (AvgIpc) is 2.90. The van der Waals surface area contributed by atoms with Gasteiger partial charge in [0.05, 0.1) is 15.4 Å². The second kappa shape index (κ2) is 5.15. The molecule has 112 valence electrons. The van der Waals surface area contributed by atoms with Crippen LogP contribution in [0, 0.1) is 0 Å². The molecule has 0 saturated heterocycles. The van der Waals surface area contributed by atoms with E-state index in [1.165, 1.54) is 24.3 Å². The maximum Gasteiger partial charge on any atom is 0.353 e. The molecule has 0 amide bonds. The number of halogens is 1. The van der Waals surface area contributed by atoms with Gasteiger partial charge < -0.3 is 5.11 Å². The summed E-state index contributed by atoms with van der Waals surface area (Å²) < 4.78 is 26.4. The molecule has 0 fully saturated rings. The number of carboxylic acid groups (broad SMARTS) is 1. The van der Waals surface area contributed by atoms with Gasteiger partial charge in [-0.3, -0.25) is 0 Å². The van der Waals surface area contributed by atoms with Crippen molar-refractivity contribution in [2.75, 3.05) is 0 Å². The van der Waals surface area contributed by atoms with Crippen molar-refractivity contribution < 1.29 is 18.3 Å². The maximum absolute atomic E-state index is 12.8. The minimum Gasteiger partial charge on any atom is -0.477 e. The molecule has 22 heavy (non-hydrogen) atoms. The van der Waals surface area contributed by atoms with Crippen molar-refractivity contribution in [3.8, 4) is 0 Å². The van der Waals surface area contributed by atoms with Gasteiger partial charge in [0.1, 0.15) is 5.69 Å². The minimum atomic E-state index is -4.04. The summed E-state index contributed by atoms with van der Waals surface area (Å²) in [6.45, 7) is 0. The zero-order valence-corrected chi connectivity index (χ0v) is 12.7. The fourth-order valence-electron chi connectivity index (χ4n) is 2.28. The Kier molecular flexibility index (Phi) is 3.42. The molecule has 0 aliphatic heterocycles. The second-order valence-electron chi connectivity index (χ2n) is 4.59. The van der Waals surface area contributed by atoms with E-state index in [0.717, 1.165) is 3.97 Å². The Morgan fingerprint density at radius 1 is 1.05 bits per heavy atom. The van der Waals surface area contributed by atoms with Gasteiger partial charge in [0.15, 0.2) is 0 Å². The van der Waals surface area contributed by atoms with E-state index in [9.17, 15) is 18.3 Å². The molecule has 1 aromatic heterocycles. The fraction of sp³-hybridized carbons (Fsp3) is 0. The molecule has 0 unspecified atom stereocenters. The molecule has 0 atom stereocenters. The van der Waals surface area contributed by atoms with Gasteiger partial charge in [0, 0.05) is 5.39 Å². The highest BCUT2D eigenvalue weighted by atomic mass is 35.5. The number of hydrogen-bond acceptors (Lipinski definition) is 3. The first-order chi connectivity index (χ1) is 10.4. The number of fused-ring (bicyclic) bond motifs is 1. The lowest BCUT2D eigenvalue weighted by Crippen LogP contribution is -2.18. The molecule has 2 aromatic carbocycles. The fourth-order valence-corrected chi connectivity index (χ4v) is 4.02. The van der Waals surface area contributed by atoms with Gasteiger partial charge in [-0.2, -0.15) is 0 Å². The summed E-state index contributed by atoms with van der Waals surface area (Å²) in [4.78, 5) is 11.5. The van der Waals surface area contributed by atoms with Crippen molar-refractivity contribution in [1.82, 2.24) is 3.97 Å². The lowest BCUT2D eigenvalue weighted by molar-refractivity contribution is 0.0689. The molecule has 1 heterocycles. The average molecular weight is 336 g/mol. The van der Waals surface area contributed by atoms with Crippen LogP contribution in [0.25, 0.3) is 10.9 Å². The van der Waals surface area contributed by atoms with Crippen LogP contribution in [0.1, 0.15) is 10.5 Å². The Morgan fingerprint density at radius 2 is 1.73 bits per heavy atom. The van der Waals surface area contributed by atoms with Crippen LogP contribution in [0.15, 0.2) is 59.5 Å². The Bertz CT molecular complexity index is 977. The van der Waals surface area contributed by atoms with E-state index in [4.69, 9.17) is 11.6 Å². The maximum atomic E-state index is 12.8.